The quantitative estimate of drug-likeness (QED) is 0.912. The van der Waals surface area contributed by atoms with Crippen molar-refractivity contribution in [2.45, 2.75) is 6.42 Å². The summed E-state index contributed by atoms with van der Waals surface area (Å²) in [6.07, 6.45) is 0.789. The molecule has 1 atom stereocenters. The molecule has 5 heteroatoms. The van der Waals surface area contributed by atoms with Crippen LogP contribution in [0.5, 0.6) is 0 Å². The van der Waals surface area contributed by atoms with Gasteiger partial charge in [-0.25, -0.2) is 0 Å². The fraction of sp³-hybridized carbons (Fsp3) is 0.364. The van der Waals surface area contributed by atoms with Crippen molar-refractivity contribution in [3.05, 3.63) is 27.7 Å². The fourth-order valence-electron chi connectivity index (χ4n) is 1.57. The van der Waals surface area contributed by atoms with E-state index in [1.54, 1.807) is 18.2 Å². The highest BCUT2D eigenvalue weighted by molar-refractivity contribution is 9.10. The Morgan fingerprint density at radius 1 is 1.56 bits per heavy atom. The summed E-state index contributed by atoms with van der Waals surface area (Å²) >= 11 is 9.17. The van der Waals surface area contributed by atoms with Crippen LogP contribution in [0.4, 0.5) is 5.69 Å². The number of carbonyl (C=O) groups excluding carboxylic acids is 1. The van der Waals surface area contributed by atoms with Gasteiger partial charge >= 0.3 is 0 Å². The van der Waals surface area contributed by atoms with Crippen molar-refractivity contribution in [2.24, 2.45) is 5.92 Å². The summed E-state index contributed by atoms with van der Waals surface area (Å²) in [5.41, 5.74) is 0.737. The number of carbonyl (C=O) groups is 1. The Labute approximate surface area is 107 Å². The average Bonchev–Trinajstić information content (AvgIpc) is 2.75. The molecule has 0 aromatic heterocycles. The summed E-state index contributed by atoms with van der Waals surface area (Å²) in [5, 5.41) is 3.49. The largest absolute Gasteiger partial charge is 0.381 e. The summed E-state index contributed by atoms with van der Waals surface area (Å²) in [5.74, 6) is -0.0388. The van der Waals surface area contributed by atoms with E-state index in [4.69, 9.17) is 16.3 Å². The van der Waals surface area contributed by atoms with E-state index in [1.807, 2.05) is 0 Å². The summed E-state index contributed by atoms with van der Waals surface area (Å²) in [7, 11) is 0. The van der Waals surface area contributed by atoms with Crippen LogP contribution in [0.3, 0.4) is 0 Å². The number of hydrogen-bond donors (Lipinski definition) is 1. The second-order valence-electron chi connectivity index (χ2n) is 3.67. The zero-order valence-electron chi connectivity index (χ0n) is 8.50. The Bertz CT molecular complexity index is 405. The number of benzene rings is 1. The molecule has 1 aromatic carbocycles. The van der Waals surface area contributed by atoms with Crippen molar-refractivity contribution in [1.29, 1.82) is 0 Å². The minimum absolute atomic E-state index is 0.000484. The third-order valence-electron chi connectivity index (χ3n) is 2.49. The zero-order chi connectivity index (χ0) is 11.5. The first-order chi connectivity index (χ1) is 7.66. The third kappa shape index (κ3) is 2.75. The summed E-state index contributed by atoms with van der Waals surface area (Å²) in [6, 6.07) is 5.27. The molecular formula is C11H11BrClNO2. The summed E-state index contributed by atoms with van der Waals surface area (Å²) in [4.78, 5) is 11.8. The van der Waals surface area contributed by atoms with E-state index in [2.05, 4.69) is 21.2 Å². The van der Waals surface area contributed by atoms with Crippen LogP contribution in [0.2, 0.25) is 5.02 Å². The molecule has 0 bridgehead atoms. The molecule has 1 aliphatic heterocycles. The Balaban J connectivity index is 2.05. The Morgan fingerprint density at radius 2 is 2.38 bits per heavy atom. The van der Waals surface area contributed by atoms with Crippen molar-refractivity contribution in [2.75, 3.05) is 18.5 Å². The number of hydrogen-bond acceptors (Lipinski definition) is 2. The van der Waals surface area contributed by atoms with Gasteiger partial charge in [-0.2, -0.15) is 0 Å². The predicted octanol–water partition coefficient (Wildman–Crippen LogP) is 3.08. The van der Waals surface area contributed by atoms with Gasteiger partial charge in [0.25, 0.3) is 0 Å². The van der Waals surface area contributed by atoms with Gasteiger partial charge in [0.2, 0.25) is 5.91 Å². The van der Waals surface area contributed by atoms with Gasteiger partial charge in [0, 0.05) is 16.1 Å². The highest BCUT2D eigenvalue weighted by Gasteiger charge is 2.23. The minimum atomic E-state index is -0.0393. The van der Waals surface area contributed by atoms with Crippen LogP contribution in [0.15, 0.2) is 22.7 Å². The van der Waals surface area contributed by atoms with Gasteiger partial charge in [-0.1, -0.05) is 11.6 Å². The summed E-state index contributed by atoms with van der Waals surface area (Å²) in [6.45, 7) is 1.18. The standard InChI is InChI=1S/C11H11BrClNO2/c12-9-5-8(13)1-2-10(9)14-11(15)7-3-4-16-6-7/h1-2,5,7H,3-4,6H2,(H,14,15)/t7-/m0/s1. The van der Waals surface area contributed by atoms with Crippen LogP contribution in [0.1, 0.15) is 6.42 Å². The average molecular weight is 305 g/mol. The molecule has 1 saturated heterocycles. The smallest absolute Gasteiger partial charge is 0.229 e. The number of ether oxygens (including phenoxy) is 1. The lowest BCUT2D eigenvalue weighted by Crippen LogP contribution is -2.22. The molecule has 0 aliphatic carbocycles. The van der Waals surface area contributed by atoms with E-state index < -0.39 is 0 Å². The second-order valence-corrected chi connectivity index (χ2v) is 4.96. The topological polar surface area (TPSA) is 38.3 Å². The SMILES string of the molecule is O=C(Nc1ccc(Cl)cc1Br)[C@H]1CCOC1. The first kappa shape index (κ1) is 11.9. The molecule has 86 valence electrons. The normalized spacial score (nSPS) is 19.8. The highest BCUT2D eigenvalue weighted by atomic mass is 79.9. The van der Waals surface area contributed by atoms with Gasteiger partial charge in [-0.05, 0) is 40.5 Å². The lowest BCUT2D eigenvalue weighted by atomic mass is 10.1. The first-order valence-corrected chi connectivity index (χ1v) is 6.17. The highest BCUT2D eigenvalue weighted by Crippen LogP contribution is 2.26. The van der Waals surface area contributed by atoms with Crippen LogP contribution < -0.4 is 5.32 Å². The molecule has 0 saturated carbocycles. The molecule has 1 amide bonds. The van der Waals surface area contributed by atoms with Crippen LogP contribution in [-0.4, -0.2) is 19.1 Å². The second kappa shape index (κ2) is 5.17. The minimum Gasteiger partial charge on any atom is -0.381 e. The third-order valence-corrected chi connectivity index (χ3v) is 3.38. The molecule has 0 spiro atoms. The maximum atomic E-state index is 11.8. The molecule has 0 radical (unpaired) electrons. The van der Waals surface area contributed by atoms with E-state index in [1.165, 1.54) is 0 Å². The Kier molecular flexibility index (Phi) is 3.84. The van der Waals surface area contributed by atoms with Crippen molar-refractivity contribution in [1.82, 2.24) is 0 Å². The van der Waals surface area contributed by atoms with Crippen molar-refractivity contribution < 1.29 is 9.53 Å². The van der Waals surface area contributed by atoms with Gasteiger partial charge < -0.3 is 10.1 Å². The maximum Gasteiger partial charge on any atom is 0.229 e. The van der Waals surface area contributed by atoms with Gasteiger partial charge in [0.05, 0.1) is 18.2 Å². The van der Waals surface area contributed by atoms with Crippen molar-refractivity contribution in [3.8, 4) is 0 Å². The van der Waals surface area contributed by atoms with Gasteiger partial charge in [-0.3, -0.25) is 4.79 Å². The molecule has 1 aromatic rings. The number of amides is 1. The van der Waals surface area contributed by atoms with E-state index in [0.717, 1.165) is 16.6 Å². The fourth-order valence-corrected chi connectivity index (χ4v) is 2.35. The molecule has 0 unspecified atom stereocenters. The molecular weight excluding hydrogens is 293 g/mol. The van der Waals surface area contributed by atoms with E-state index in [0.29, 0.717) is 18.2 Å². The monoisotopic (exact) mass is 303 g/mol. The number of nitrogens with one attached hydrogen (secondary N) is 1. The molecule has 1 aliphatic rings. The lowest BCUT2D eigenvalue weighted by molar-refractivity contribution is -0.119. The first-order valence-electron chi connectivity index (χ1n) is 5.00. The van der Waals surface area contributed by atoms with Crippen LogP contribution in [0, 0.1) is 5.92 Å². The van der Waals surface area contributed by atoms with Crippen LogP contribution >= 0.6 is 27.5 Å². The van der Waals surface area contributed by atoms with Crippen molar-refractivity contribution >= 4 is 39.1 Å². The van der Waals surface area contributed by atoms with Gasteiger partial charge in [0.1, 0.15) is 0 Å². The molecule has 1 N–H and O–H groups in total. The zero-order valence-corrected chi connectivity index (χ0v) is 10.8. The van der Waals surface area contributed by atoms with Crippen LogP contribution in [-0.2, 0) is 9.53 Å². The molecule has 1 fully saturated rings. The molecule has 16 heavy (non-hydrogen) atoms. The Hall–Kier alpha value is -0.580. The van der Waals surface area contributed by atoms with Crippen LogP contribution in [0.25, 0.3) is 0 Å². The lowest BCUT2D eigenvalue weighted by Gasteiger charge is -2.10. The van der Waals surface area contributed by atoms with E-state index in [-0.39, 0.29) is 11.8 Å². The number of rotatable bonds is 2. The van der Waals surface area contributed by atoms with Gasteiger partial charge in [-0.15, -0.1) is 0 Å². The Morgan fingerprint density at radius 3 is 3.00 bits per heavy atom. The molecule has 3 nitrogen and oxygen atoms in total. The van der Waals surface area contributed by atoms with Gasteiger partial charge in [0.15, 0.2) is 0 Å². The van der Waals surface area contributed by atoms with E-state index >= 15 is 0 Å². The molecule has 1 heterocycles. The number of anilines is 1. The van der Waals surface area contributed by atoms with Crippen molar-refractivity contribution in [3.63, 3.8) is 0 Å². The maximum absolute atomic E-state index is 11.8. The predicted molar refractivity (Wildman–Crippen MR) is 66.7 cm³/mol. The summed E-state index contributed by atoms with van der Waals surface area (Å²) < 4.78 is 5.96. The molecule has 2 rings (SSSR count). The van der Waals surface area contributed by atoms with E-state index in [9.17, 15) is 4.79 Å². The number of halogens is 2.